The summed E-state index contributed by atoms with van der Waals surface area (Å²) >= 11 is 0. The predicted molar refractivity (Wildman–Crippen MR) is 150 cm³/mol. The van der Waals surface area contributed by atoms with E-state index >= 15 is 0 Å². The number of Topliss-reactive ketones (excluding diaryl/α,β-unsaturated/α-hetero) is 1. The second kappa shape index (κ2) is 10.4. The molecule has 3 aromatic rings. The zero-order valence-corrected chi connectivity index (χ0v) is 23.1. The van der Waals surface area contributed by atoms with Gasteiger partial charge in [-0.05, 0) is 85.3 Å². The van der Waals surface area contributed by atoms with Crippen LogP contribution in [0.15, 0.2) is 66.2 Å². The predicted octanol–water partition coefficient (Wildman–Crippen LogP) is 6.63. The largest absolute Gasteiger partial charge is 0.507 e. The van der Waals surface area contributed by atoms with Crippen molar-refractivity contribution >= 4 is 23.1 Å². The number of rotatable bonds is 6. The summed E-state index contributed by atoms with van der Waals surface area (Å²) in [6, 6.07) is 17.5. The van der Waals surface area contributed by atoms with Crippen LogP contribution in [0.2, 0.25) is 0 Å². The molecule has 1 heterocycles. The number of ketones is 1. The average Bonchev–Trinajstić information content (AvgIpc) is 3.13. The molecule has 0 saturated carbocycles. The van der Waals surface area contributed by atoms with E-state index in [4.69, 9.17) is 9.47 Å². The molecule has 4 rings (SSSR count). The molecule has 38 heavy (non-hydrogen) atoms. The van der Waals surface area contributed by atoms with E-state index in [0.29, 0.717) is 29.2 Å². The number of anilines is 1. The normalized spacial score (nSPS) is 17.1. The van der Waals surface area contributed by atoms with Gasteiger partial charge in [0, 0.05) is 16.8 Å². The summed E-state index contributed by atoms with van der Waals surface area (Å²) in [7, 11) is 1.58. The number of hydrogen-bond donors (Lipinski definition) is 1. The summed E-state index contributed by atoms with van der Waals surface area (Å²) in [4.78, 5) is 28.6. The van der Waals surface area contributed by atoms with E-state index in [1.807, 2.05) is 63.2 Å². The van der Waals surface area contributed by atoms with Gasteiger partial charge < -0.3 is 14.6 Å². The highest BCUT2D eigenvalue weighted by molar-refractivity contribution is 6.51. The fraction of sp³-hybridized carbons (Fsp3) is 0.312. The van der Waals surface area contributed by atoms with Crippen molar-refractivity contribution in [2.75, 3.05) is 18.6 Å². The minimum absolute atomic E-state index is 0.0448. The Balaban J connectivity index is 1.96. The van der Waals surface area contributed by atoms with Crippen molar-refractivity contribution in [2.45, 2.75) is 53.0 Å². The number of nitrogens with zero attached hydrogens (tertiary/aromatic N) is 1. The molecule has 1 unspecified atom stereocenters. The zero-order chi connectivity index (χ0) is 27.8. The topological polar surface area (TPSA) is 76.1 Å². The third kappa shape index (κ3) is 5.03. The van der Waals surface area contributed by atoms with Crippen LogP contribution in [0.1, 0.15) is 61.6 Å². The Hall–Kier alpha value is -4.06. The van der Waals surface area contributed by atoms with E-state index in [0.717, 1.165) is 22.4 Å². The first-order valence-electron chi connectivity index (χ1n) is 12.8. The van der Waals surface area contributed by atoms with E-state index < -0.39 is 17.7 Å². The maximum Gasteiger partial charge on any atom is 0.300 e. The number of methoxy groups -OCH3 is 1. The summed E-state index contributed by atoms with van der Waals surface area (Å²) < 4.78 is 11.1. The van der Waals surface area contributed by atoms with Gasteiger partial charge in [0.2, 0.25) is 0 Å². The van der Waals surface area contributed by atoms with Crippen molar-refractivity contribution in [3.63, 3.8) is 0 Å². The molecule has 0 spiro atoms. The molecule has 0 bridgehead atoms. The average molecular weight is 514 g/mol. The van der Waals surface area contributed by atoms with Crippen LogP contribution in [-0.2, 0) is 15.0 Å². The number of amides is 1. The Morgan fingerprint density at radius 1 is 0.947 bits per heavy atom. The van der Waals surface area contributed by atoms with E-state index in [-0.39, 0.29) is 16.7 Å². The molecule has 0 radical (unpaired) electrons. The van der Waals surface area contributed by atoms with Crippen molar-refractivity contribution in [3.8, 4) is 11.5 Å². The second-order valence-corrected chi connectivity index (χ2v) is 10.7. The minimum atomic E-state index is -0.813. The number of carbonyl (C=O) groups is 2. The number of aliphatic hydroxyl groups excluding tert-OH is 1. The Morgan fingerprint density at radius 3 is 2.13 bits per heavy atom. The van der Waals surface area contributed by atoms with Crippen molar-refractivity contribution in [2.24, 2.45) is 0 Å². The Kier molecular flexibility index (Phi) is 7.36. The summed E-state index contributed by atoms with van der Waals surface area (Å²) in [6.45, 7) is 12.5. The number of ether oxygens (including phenoxy) is 2. The number of aryl methyl sites for hydroxylation is 2. The van der Waals surface area contributed by atoms with Gasteiger partial charge in [0.1, 0.15) is 17.3 Å². The monoisotopic (exact) mass is 513 g/mol. The minimum Gasteiger partial charge on any atom is -0.507 e. The molecule has 198 valence electrons. The fourth-order valence-electron chi connectivity index (χ4n) is 4.99. The summed E-state index contributed by atoms with van der Waals surface area (Å²) in [5, 5.41) is 11.6. The summed E-state index contributed by atoms with van der Waals surface area (Å²) in [5.74, 6) is -0.255. The molecular weight excluding hydrogens is 478 g/mol. The van der Waals surface area contributed by atoms with Crippen LogP contribution in [0, 0.1) is 13.8 Å². The van der Waals surface area contributed by atoms with Gasteiger partial charge >= 0.3 is 0 Å². The lowest BCUT2D eigenvalue weighted by Crippen LogP contribution is -2.29. The van der Waals surface area contributed by atoms with Crippen LogP contribution in [0.3, 0.4) is 0 Å². The first-order chi connectivity index (χ1) is 18.0. The van der Waals surface area contributed by atoms with Crippen LogP contribution in [-0.4, -0.2) is 30.5 Å². The molecule has 3 aromatic carbocycles. The number of carbonyl (C=O) groups excluding carboxylic acids is 2. The lowest BCUT2D eigenvalue weighted by atomic mass is 9.84. The molecule has 1 saturated heterocycles. The third-order valence-corrected chi connectivity index (χ3v) is 6.72. The van der Waals surface area contributed by atoms with Crippen molar-refractivity contribution < 1.29 is 24.2 Å². The number of benzene rings is 3. The molecule has 1 N–H and O–H groups in total. The van der Waals surface area contributed by atoms with Crippen LogP contribution >= 0.6 is 0 Å². The third-order valence-electron chi connectivity index (χ3n) is 6.72. The highest BCUT2D eigenvalue weighted by atomic mass is 16.5. The van der Waals surface area contributed by atoms with Gasteiger partial charge in [-0.15, -0.1) is 0 Å². The smallest absolute Gasteiger partial charge is 0.300 e. The Morgan fingerprint density at radius 2 is 1.58 bits per heavy atom. The fourth-order valence-corrected chi connectivity index (χ4v) is 4.99. The molecule has 6 nitrogen and oxygen atoms in total. The molecule has 0 aliphatic carbocycles. The molecule has 1 atom stereocenters. The maximum atomic E-state index is 13.6. The van der Waals surface area contributed by atoms with Gasteiger partial charge in [-0.25, -0.2) is 0 Å². The molecule has 6 heteroatoms. The van der Waals surface area contributed by atoms with Gasteiger partial charge in [0.15, 0.2) is 0 Å². The first-order valence-corrected chi connectivity index (χ1v) is 12.8. The van der Waals surface area contributed by atoms with Gasteiger partial charge in [0.25, 0.3) is 11.7 Å². The molecular formula is C32H35NO5. The zero-order valence-electron chi connectivity index (χ0n) is 23.1. The van der Waals surface area contributed by atoms with Gasteiger partial charge in [-0.1, -0.05) is 39.0 Å². The molecule has 1 amide bonds. The molecule has 1 aliphatic rings. The second-order valence-electron chi connectivity index (χ2n) is 10.7. The molecule has 1 aliphatic heterocycles. The van der Waals surface area contributed by atoms with E-state index in [1.165, 1.54) is 4.90 Å². The van der Waals surface area contributed by atoms with Crippen molar-refractivity contribution in [1.82, 2.24) is 0 Å². The van der Waals surface area contributed by atoms with E-state index in [2.05, 4.69) is 20.8 Å². The summed E-state index contributed by atoms with van der Waals surface area (Å²) in [5.41, 5.74) is 4.35. The lowest BCUT2D eigenvalue weighted by molar-refractivity contribution is -0.132. The van der Waals surface area contributed by atoms with Gasteiger partial charge in [-0.3, -0.25) is 14.5 Å². The Labute approximate surface area is 224 Å². The van der Waals surface area contributed by atoms with Gasteiger partial charge in [-0.2, -0.15) is 0 Å². The highest BCUT2D eigenvalue weighted by Gasteiger charge is 2.47. The summed E-state index contributed by atoms with van der Waals surface area (Å²) in [6.07, 6.45) is 0. The molecule has 0 aromatic heterocycles. The van der Waals surface area contributed by atoms with E-state index in [1.54, 1.807) is 25.3 Å². The lowest BCUT2D eigenvalue weighted by Gasteiger charge is -2.27. The van der Waals surface area contributed by atoms with Crippen molar-refractivity contribution in [3.05, 3.63) is 94.1 Å². The van der Waals surface area contributed by atoms with Crippen LogP contribution in [0.25, 0.3) is 5.76 Å². The van der Waals surface area contributed by atoms with Crippen LogP contribution in [0.5, 0.6) is 11.5 Å². The van der Waals surface area contributed by atoms with Crippen LogP contribution < -0.4 is 14.4 Å². The Bertz CT molecular complexity index is 1390. The SMILES string of the molecule is CCOc1ccc(/C(O)=C2/C(=O)C(=O)N(c3cc(C)cc(C)c3)C2c2ccc(OC)cc2)cc1C(C)(C)C. The number of hydrogen-bond acceptors (Lipinski definition) is 5. The van der Waals surface area contributed by atoms with Crippen molar-refractivity contribution in [1.29, 1.82) is 0 Å². The maximum absolute atomic E-state index is 13.6. The molecule has 1 fully saturated rings. The number of aliphatic hydroxyl groups is 1. The van der Waals surface area contributed by atoms with Crippen LogP contribution in [0.4, 0.5) is 5.69 Å². The van der Waals surface area contributed by atoms with E-state index in [9.17, 15) is 14.7 Å². The first kappa shape index (κ1) is 27.0. The van der Waals surface area contributed by atoms with Gasteiger partial charge in [0.05, 0.1) is 25.3 Å². The quantitative estimate of drug-likeness (QED) is 0.227. The highest BCUT2D eigenvalue weighted by Crippen LogP contribution is 2.44. The standard InChI is InChI=1S/C32H35NO5/c1-8-38-26-14-11-22(18-25(26)32(4,5)6)29(34)27-28(21-9-12-24(37-7)13-10-21)33(31(36)30(27)35)23-16-19(2)15-20(3)17-23/h9-18,28,34H,8H2,1-7H3/b29-27-.